The quantitative estimate of drug-likeness (QED) is 0.801. The van der Waals surface area contributed by atoms with Crippen LogP contribution in [-0.4, -0.2) is 61.7 Å². The lowest BCUT2D eigenvalue weighted by atomic mass is 10.1. The van der Waals surface area contributed by atoms with E-state index < -0.39 is 17.7 Å². The molecule has 1 aliphatic heterocycles. The van der Waals surface area contributed by atoms with Crippen molar-refractivity contribution in [1.82, 2.24) is 19.4 Å². The number of aromatic nitrogens is 2. The zero-order chi connectivity index (χ0) is 22.1. The van der Waals surface area contributed by atoms with Crippen LogP contribution in [0.25, 0.3) is 0 Å². The van der Waals surface area contributed by atoms with E-state index in [9.17, 15) is 14.7 Å². The summed E-state index contributed by atoms with van der Waals surface area (Å²) in [6, 6.07) is 4.16. The van der Waals surface area contributed by atoms with E-state index in [-0.39, 0.29) is 24.6 Å². The minimum Gasteiger partial charge on any atom is -0.508 e. The number of ether oxygens (including phenoxy) is 1. The summed E-state index contributed by atoms with van der Waals surface area (Å²) in [5.41, 5.74) is 0.0332. The van der Waals surface area contributed by atoms with E-state index in [2.05, 4.69) is 4.98 Å². The number of nitrogens with zero attached hydrogens (tertiary/aromatic N) is 4. The lowest BCUT2D eigenvalue weighted by Gasteiger charge is -2.41. The number of rotatable bonds is 3. The highest BCUT2D eigenvalue weighted by molar-refractivity contribution is 6.31. The summed E-state index contributed by atoms with van der Waals surface area (Å²) in [5.74, 6) is 0.612. The third kappa shape index (κ3) is 5.05. The molecule has 0 aliphatic carbocycles. The topological polar surface area (TPSA) is 87.9 Å². The Kier molecular flexibility index (Phi) is 6.26. The molecule has 3 rings (SSSR count). The van der Waals surface area contributed by atoms with Gasteiger partial charge in [0.15, 0.2) is 0 Å². The number of carbonyl (C=O) groups excluding carboxylic acids is 2. The van der Waals surface area contributed by atoms with Crippen molar-refractivity contribution in [1.29, 1.82) is 0 Å². The van der Waals surface area contributed by atoms with Gasteiger partial charge in [-0.2, -0.15) is 0 Å². The molecule has 0 bridgehead atoms. The minimum absolute atomic E-state index is 0.0491. The largest absolute Gasteiger partial charge is 0.508 e. The Labute approximate surface area is 181 Å². The van der Waals surface area contributed by atoms with Crippen LogP contribution in [0.5, 0.6) is 5.75 Å². The van der Waals surface area contributed by atoms with Crippen LogP contribution < -0.4 is 0 Å². The van der Waals surface area contributed by atoms with Crippen LogP contribution >= 0.6 is 11.6 Å². The average molecular weight is 435 g/mol. The normalized spacial score (nSPS) is 17.2. The molecule has 1 fully saturated rings. The second-order valence-corrected chi connectivity index (χ2v) is 8.79. The van der Waals surface area contributed by atoms with Crippen molar-refractivity contribution in [2.45, 2.75) is 38.8 Å². The molecule has 1 saturated heterocycles. The second kappa shape index (κ2) is 8.55. The lowest BCUT2D eigenvalue weighted by Crippen LogP contribution is -2.54. The third-order valence-corrected chi connectivity index (χ3v) is 5.24. The van der Waals surface area contributed by atoms with E-state index in [1.165, 1.54) is 12.1 Å². The number of benzene rings is 1. The summed E-state index contributed by atoms with van der Waals surface area (Å²) in [6.45, 7) is 6.47. The Morgan fingerprint density at radius 3 is 2.63 bits per heavy atom. The zero-order valence-electron chi connectivity index (χ0n) is 17.6. The molecule has 1 aliphatic rings. The summed E-state index contributed by atoms with van der Waals surface area (Å²) >= 11 is 6.18. The summed E-state index contributed by atoms with van der Waals surface area (Å²) in [4.78, 5) is 33.5. The van der Waals surface area contributed by atoms with E-state index >= 15 is 0 Å². The Morgan fingerprint density at radius 1 is 1.30 bits per heavy atom. The lowest BCUT2D eigenvalue weighted by molar-refractivity contribution is -0.136. The molecule has 0 radical (unpaired) electrons. The molecule has 8 nitrogen and oxygen atoms in total. The Bertz CT molecular complexity index is 937. The number of aryl methyl sites for hydroxylation is 1. The van der Waals surface area contributed by atoms with Crippen LogP contribution in [0.1, 0.15) is 38.2 Å². The molecule has 1 aromatic heterocycles. The molecule has 30 heavy (non-hydrogen) atoms. The fourth-order valence-corrected chi connectivity index (χ4v) is 3.68. The first kappa shape index (κ1) is 22.0. The van der Waals surface area contributed by atoms with Gasteiger partial charge in [-0.3, -0.25) is 4.79 Å². The van der Waals surface area contributed by atoms with Crippen LogP contribution in [0.4, 0.5) is 4.79 Å². The molecule has 2 heterocycles. The molecule has 2 amide bonds. The molecule has 1 aromatic carbocycles. The van der Waals surface area contributed by atoms with Crippen LogP contribution in [0.15, 0.2) is 30.6 Å². The number of aromatic hydroxyl groups is 1. The van der Waals surface area contributed by atoms with Gasteiger partial charge in [-0.1, -0.05) is 17.7 Å². The molecule has 162 valence electrons. The number of phenols is 1. The number of imidazole rings is 1. The van der Waals surface area contributed by atoms with Gasteiger partial charge in [0.2, 0.25) is 5.91 Å². The van der Waals surface area contributed by atoms with E-state index in [0.29, 0.717) is 29.5 Å². The van der Waals surface area contributed by atoms with Crippen molar-refractivity contribution >= 4 is 23.6 Å². The van der Waals surface area contributed by atoms with Gasteiger partial charge in [0.05, 0.1) is 13.0 Å². The summed E-state index contributed by atoms with van der Waals surface area (Å²) < 4.78 is 7.35. The van der Waals surface area contributed by atoms with Gasteiger partial charge in [0.25, 0.3) is 0 Å². The molecule has 1 N–H and O–H groups in total. The monoisotopic (exact) mass is 434 g/mol. The summed E-state index contributed by atoms with van der Waals surface area (Å²) in [6.07, 6.45) is 3.16. The highest BCUT2D eigenvalue weighted by Gasteiger charge is 2.37. The van der Waals surface area contributed by atoms with Gasteiger partial charge < -0.3 is 24.2 Å². The average Bonchev–Trinajstić information content (AvgIpc) is 3.08. The molecular weight excluding hydrogens is 408 g/mol. The SMILES string of the molecule is Cn1ccnc1[C@@H]1CN(C(=O)OC(C)(C)C)CCN1C(=O)Cc1ccc(O)cc1Cl. The highest BCUT2D eigenvalue weighted by atomic mass is 35.5. The molecule has 0 saturated carbocycles. The fourth-order valence-electron chi connectivity index (χ4n) is 3.44. The molecule has 9 heteroatoms. The number of carbonyl (C=O) groups is 2. The number of piperazine rings is 1. The smallest absolute Gasteiger partial charge is 0.410 e. The third-order valence-electron chi connectivity index (χ3n) is 4.89. The van der Waals surface area contributed by atoms with Crippen molar-refractivity contribution in [3.8, 4) is 5.75 Å². The molecule has 0 spiro atoms. The summed E-state index contributed by atoms with van der Waals surface area (Å²) in [5, 5.41) is 9.88. The predicted octanol–water partition coefficient (Wildman–Crippen LogP) is 3.14. The first-order chi connectivity index (χ1) is 14.0. The number of amides is 2. The zero-order valence-corrected chi connectivity index (χ0v) is 18.4. The predicted molar refractivity (Wildman–Crippen MR) is 112 cm³/mol. The van der Waals surface area contributed by atoms with Gasteiger partial charge in [-0.25, -0.2) is 9.78 Å². The van der Waals surface area contributed by atoms with E-state index in [1.54, 1.807) is 28.3 Å². The van der Waals surface area contributed by atoms with Crippen LogP contribution in [-0.2, 0) is 23.0 Å². The molecule has 0 unspecified atom stereocenters. The van der Waals surface area contributed by atoms with Crippen LogP contribution in [0.2, 0.25) is 5.02 Å². The maximum absolute atomic E-state index is 13.2. The van der Waals surface area contributed by atoms with E-state index in [1.807, 2.05) is 32.4 Å². The van der Waals surface area contributed by atoms with Crippen molar-refractivity contribution in [2.75, 3.05) is 19.6 Å². The first-order valence-electron chi connectivity index (χ1n) is 9.77. The Balaban J connectivity index is 1.82. The standard InChI is InChI=1S/C21H27ClN4O4/c1-21(2,3)30-20(29)25-9-10-26(17(13-25)19-23-7-8-24(19)4)18(28)11-14-5-6-15(27)12-16(14)22/h5-8,12,17,27H,9-11,13H2,1-4H3/t17-/m0/s1. The fraction of sp³-hybridized carbons (Fsp3) is 0.476. The Hall–Kier alpha value is -2.74. The van der Waals surface area contributed by atoms with Crippen molar-refractivity contribution in [2.24, 2.45) is 7.05 Å². The Morgan fingerprint density at radius 2 is 2.03 bits per heavy atom. The molecular formula is C21H27ClN4O4. The van der Waals surface area contributed by atoms with Gasteiger partial charge in [0, 0.05) is 37.6 Å². The number of hydrogen-bond donors (Lipinski definition) is 1. The van der Waals surface area contributed by atoms with Crippen molar-refractivity contribution in [3.05, 3.63) is 47.0 Å². The number of phenolic OH excluding ortho intramolecular Hbond substituents is 1. The maximum Gasteiger partial charge on any atom is 0.410 e. The minimum atomic E-state index is -0.599. The maximum atomic E-state index is 13.2. The molecule has 1 atom stereocenters. The number of halogens is 1. The van der Waals surface area contributed by atoms with Gasteiger partial charge in [0.1, 0.15) is 23.2 Å². The van der Waals surface area contributed by atoms with Crippen LogP contribution in [0.3, 0.4) is 0 Å². The van der Waals surface area contributed by atoms with Crippen LogP contribution in [0, 0.1) is 0 Å². The van der Waals surface area contributed by atoms with Crippen molar-refractivity contribution in [3.63, 3.8) is 0 Å². The van der Waals surface area contributed by atoms with Crippen molar-refractivity contribution < 1.29 is 19.4 Å². The molecule has 2 aromatic rings. The van der Waals surface area contributed by atoms with Gasteiger partial charge in [-0.15, -0.1) is 0 Å². The van der Waals surface area contributed by atoms with E-state index in [4.69, 9.17) is 16.3 Å². The summed E-state index contributed by atoms with van der Waals surface area (Å²) in [7, 11) is 1.86. The second-order valence-electron chi connectivity index (χ2n) is 8.38. The first-order valence-corrected chi connectivity index (χ1v) is 10.1. The number of hydrogen-bond acceptors (Lipinski definition) is 5. The van der Waals surface area contributed by atoms with E-state index in [0.717, 1.165) is 0 Å². The van der Waals surface area contributed by atoms with Gasteiger partial charge in [-0.05, 0) is 38.5 Å². The van der Waals surface area contributed by atoms with Gasteiger partial charge >= 0.3 is 6.09 Å². The highest BCUT2D eigenvalue weighted by Crippen LogP contribution is 2.28.